The average molecular weight is 469 g/mol. The fourth-order valence-corrected chi connectivity index (χ4v) is 3.90. The first-order valence-corrected chi connectivity index (χ1v) is 11.2. The summed E-state index contributed by atoms with van der Waals surface area (Å²) in [6, 6.07) is 14.2. The van der Waals surface area contributed by atoms with E-state index < -0.39 is 0 Å². The first-order chi connectivity index (χ1) is 17.1. The van der Waals surface area contributed by atoms with Gasteiger partial charge in [-0.25, -0.2) is 9.97 Å². The number of nitrogens with one attached hydrogen (secondary N) is 2. The number of carbonyl (C=O) groups excluding carboxylic acids is 1. The number of hydrogen-bond acceptors (Lipinski definition) is 6. The van der Waals surface area contributed by atoms with Gasteiger partial charge in [0.15, 0.2) is 0 Å². The molecule has 0 radical (unpaired) electrons. The number of aromatic amines is 1. The molecule has 5 rings (SSSR count). The number of amides is 1. The van der Waals surface area contributed by atoms with Gasteiger partial charge in [-0.05, 0) is 55.0 Å². The third-order valence-electron chi connectivity index (χ3n) is 5.74. The second-order valence-corrected chi connectivity index (χ2v) is 8.00. The van der Waals surface area contributed by atoms with Gasteiger partial charge >= 0.3 is 0 Å². The average Bonchev–Trinajstić information content (AvgIpc) is 3.54. The van der Waals surface area contributed by atoms with E-state index in [0.717, 1.165) is 28.8 Å². The summed E-state index contributed by atoms with van der Waals surface area (Å²) >= 11 is 0. The molecule has 0 aliphatic heterocycles. The van der Waals surface area contributed by atoms with Gasteiger partial charge in [-0.15, -0.1) is 0 Å². The third kappa shape index (κ3) is 4.43. The van der Waals surface area contributed by atoms with Gasteiger partial charge in [0.25, 0.3) is 5.91 Å². The minimum absolute atomic E-state index is 0.0845. The number of phenols is 1. The molecule has 5 aromatic rings. The normalized spacial score (nSPS) is 11.0. The molecule has 1 amide bonds. The molecule has 0 saturated carbocycles. The van der Waals surface area contributed by atoms with Crippen molar-refractivity contribution < 1.29 is 14.6 Å². The smallest absolute Gasteiger partial charge is 0.251 e. The first-order valence-electron chi connectivity index (χ1n) is 11.2. The van der Waals surface area contributed by atoms with Crippen LogP contribution in [0, 0.1) is 0 Å². The first kappa shape index (κ1) is 22.1. The zero-order chi connectivity index (χ0) is 24.4. The SMILES string of the molecule is CCn1cc(CNC(=O)c2ccc3[nH]c(-c4cc(-c5cccnc5OC)ccc4O)nc3c2)cn1. The number of imidazole rings is 1. The van der Waals surface area contributed by atoms with Crippen molar-refractivity contribution in [2.75, 3.05) is 7.11 Å². The zero-order valence-electron chi connectivity index (χ0n) is 19.3. The van der Waals surface area contributed by atoms with Crippen molar-refractivity contribution in [1.29, 1.82) is 0 Å². The van der Waals surface area contributed by atoms with Crippen LogP contribution in [-0.4, -0.2) is 42.9 Å². The summed E-state index contributed by atoms with van der Waals surface area (Å²) in [5, 5.41) is 17.7. The summed E-state index contributed by atoms with van der Waals surface area (Å²) in [6.07, 6.45) is 5.31. The number of aryl methyl sites for hydroxylation is 1. The second-order valence-electron chi connectivity index (χ2n) is 8.00. The van der Waals surface area contributed by atoms with E-state index in [-0.39, 0.29) is 11.7 Å². The molecule has 176 valence electrons. The molecule has 0 bridgehead atoms. The molecule has 9 nitrogen and oxygen atoms in total. The number of aromatic nitrogens is 5. The molecule has 9 heteroatoms. The molecule has 0 unspecified atom stereocenters. The highest BCUT2D eigenvalue weighted by atomic mass is 16.5. The van der Waals surface area contributed by atoms with Crippen LogP contribution in [0.25, 0.3) is 33.5 Å². The van der Waals surface area contributed by atoms with Gasteiger partial charge < -0.3 is 20.1 Å². The molecule has 3 N–H and O–H groups in total. The summed E-state index contributed by atoms with van der Waals surface area (Å²) in [5.41, 5.74) is 4.97. The number of H-pyrrole nitrogens is 1. The Morgan fingerprint density at radius 1 is 1.17 bits per heavy atom. The summed E-state index contributed by atoms with van der Waals surface area (Å²) in [6.45, 7) is 3.18. The van der Waals surface area contributed by atoms with Crippen molar-refractivity contribution in [2.45, 2.75) is 20.0 Å². The Morgan fingerprint density at radius 3 is 2.86 bits per heavy atom. The van der Waals surface area contributed by atoms with E-state index in [1.165, 1.54) is 0 Å². The number of fused-ring (bicyclic) bond motifs is 1. The number of phenolic OH excluding ortho intramolecular Hbond substituents is 1. The number of pyridine rings is 1. The molecule has 0 saturated heterocycles. The summed E-state index contributed by atoms with van der Waals surface area (Å²) in [7, 11) is 1.57. The lowest BCUT2D eigenvalue weighted by Gasteiger charge is -2.09. The van der Waals surface area contributed by atoms with E-state index in [4.69, 9.17) is 4.74 Å². The van der Waals surface area contributed by atoms with Crippen molar-refractivity contribution in [2.24, 2.45) is 0 Å². The number of rotatable bonds is 7. The Balaban J connectivity index is 1.41. The molecule has 2 aromatic carbocycles. The second kappa shape index (κ2) is 9.30. The van der Waals surface area contributed by atoms with Crippen molar-refractivity contribution in [1.82, 2.24) is 30.0 Å². The lowest BCUT2D eigenvalue weighted by Crippen LogP contribution is -2.22. The Kier molecular flexibility index (Phi) is 5.88. The van der Waals surface area contributed by atoms with Gasteiger partial charge in [0.2, 0.25) is 5.88 Å². The van der Waals surface area contributed by atoms with E-state index in [2.05, 4.69) is 25.4 Å². The summed E-state index contributed by atoms with van der Waals surface area (Å²) in [5.74, 6) is 0.869. The molecule has 35 heavy (non-hydrogen) atoms. The molecule has 3 heterocycles. The molecule has 0 spiro atoms. The van der Waals surface area contributed by atoms with Crippen LogP contribution < -0.4 is 10.1 Å². The summed E-state index contributed by atoms with van der Waals surface area (Å²) in [4.78, 5) is 24.8. The minimum Gasteiger partial charge on any atom is -0.507 e. The quantitative estimate of drug-likeness (QED) is 0.330. The third-order valence-corrected chi connectivity index (χ3v) is 5.74. The predicted octanol–water partition coefficient (Wildman–Crippen LogP) is 4.15. The largest absolute Gasteiger partial charge is 0.507 e. The maximum Gasteiger partial charge on any atom is 0.251 e. The number of benzene rings is 2. The molecular weight excluding hydrogens is 444 g/mol. The van der Waals surface area contributed by atoms with E-state index >= 15 is 0 Å². The number of nitrogens with zero attached hydrogens (tertiary/aromatic N) is 4. The van der Waals surface area contributed by atoms with Gasteiger partial charge in [0.1, 0.15) is 11.6 Å². The fraction of sp³-hybridized carbons (Fsp3) is 0.154. The Hall–Kier alpha value is -4.66. The molecule has 0 aliphatic carbocycles. The number of aromatic hydroxyl groups is 1. The number of ether oxygens (including phenoxy) is 1. The molecule has 0 atom stereocenters. The van der Waals surface area contributed by atoms with E-state index in [1.54, 1.807) is 49.8 Å². The lowest BCUT2D eigenvalue weighted by atomic mass is 10.0. The standard InChI is InChI=1S/C26H24N6O3/c1-3-32-15-16(14-29-32)13-28-25(34)18-6-8-21-22(12-18)31-24(30-21)20-11-17(7-9-23(20)33)19-5-4-10-27-26(19)35-2/h4-12,14-15,33H,3,13H2,1-2H3,(H,28,34)(H,30,31). The maximum atomic E-state index is 12.7. The monoisotopic (exact) mass is 468 g/mol. The Morgan fingerprint density at radius 2 is 2.06 bits per heavy atom. The molecule has 0 fully saturated rings. The van der Waals surface area contributed by atoms with Crippen LogP contribution in [0.4, 0.5) is 0 Å². The van der Waals surface area contributed by atoms with E-state index in [1.807, 2.05) is 36.0 Å². The van der Waals surface area contributed by atoms with Crippen molar-refractivity contribution in [3.8, 4) is 34.1 Å². The van der Waals surface area contributed by atoms with Crippen LogP contribution in [-0.2, 0) is 13.1 Å². The fourth-order valence-electron chi connectivity index (χ4n) is 3.90. The van der Waals surface area contributed by atoms with Crippen LogP contribution in [0.1, 0.15) is 22.8 Å². The molecule has 0 aliphatic rings. The number of carbonyl (C=O) groups is 1. The van der Waals surface area contributed by atoms with Gasteiger partial charge in [0.05, 0.1) is 29.9 Å². The van der Waals surface area contributed by atoms with Crippen molar-refractivity contribution in [3.05, 3.63) is 78.2 Å². The molecule has 3 aromatic heterocycles. The number of hydrogen-bond donors (Lipinski definition) is 3. The van der Waals surface area contributed by atoms with Gasteiger partial charge in [-0.2, -0.15) is 5.10 Å². The highest BCUT2D eigenvalue weighted by molar-refractivity contribution is 5.97. The predicted molar refractivity (Wildman–Crippen MR) is 132 cm³/mol. The van der Waals surface area contributed by atoms with Gasteiger partial charge in [-0.1, -0.05) is 6.07 Å². The minimum atomic E-state index is -0.200. The van der Waals surface area contributed by atoms with Crippen LogP contribution in [0.3, 0.4) is 0 Å². The Bertz CT molecular complexity index is 1520. The van der Waals surface area contributed by atoms with E-state index in [0.29, 0.717) is 34.9 Å². The van der Waals surface area contributed by atoms with Gasteiger partial charge in [0, 0.05) is 42.2 Å². The lowest BCUT2D eigenvalue weighted by molar-refractivity contribution is 0.0951. The Labute approximate surface area is 201 Å². The van der Waals surface area contributed by atoms with Gasteiger partial charge in [-0.3, -0.25) is 9.48 Å². The summed E-state index contributed by atoms with van der Waals surface area (Å²) < 4.78 is 7.19. The maximum absolute atomic E-state index is 12.7. The highest BCUT2D eigenvalue weighted by Gasteiger charge is 2.15. The van der Waals surface area contributed by atoms with Crippen molar-refractivity contribution in [3.63, 3.8) is 0 Å². The highest BCUT2D eigenvalue weighted by Crippen LogP contribution is 2.35. The van der Waals surface area contributed by atoms with Crippen LogP contribution in [0.5, 0.6) is 11.6 Å². The molecular formula is C26H24N6O3. The van der Waals surface area contributed by atoms with Crippen LogP contribution >= 0.6 is 0 Å². The topological polar surface area (TPSA) is 118 Å². The number of methoxy groups -OCH3 is 1. The zero-order valence-corrected chi connectivity index (χ0v) is 19.3. The van der Waals surface area contributed by atoms with E-state index in [9.17, 15) is 9.90 Å². The van der Waals surface area contributed by atoms with Crippen molar-refractivity contribution >= 4 is 16.9 Å². The van der Waals surface area contributed by atoms with Crippen LogP contribution in [0.2, 0.25) is 0 Å². The van der Waals surface area contributed by atoms with Crippen LogP contribution in [0.15, 0.2) is 67.1 Å².